The Labute approximate surface area is 837 Å². The highest BCUT2D eigenvalue weighted by atomic mass is 16.3. The monoisotopic (exact) mass is 1950 g/mol. The summed E-state index contributed by atoms with van der Waals surface area (Å²) in [6.45, 7) is 4.84. The third-order valence-corrected chi connectivity index (χ3v) is 26.2. The van der Waals surface area contributed by atoms with Crippen LogP contribution in [0.5, 0.6) is 0 Å². The van der Waals surface area contributed by atoms with E-state index in [9.17, 15) is 78.0 Å². The summed E-state index contributed by atoms with van der Waals surface area (Å²) in [4.78, 5) is 172. The van der Waals surface area contributed by atoms with E-state index in [4.69, 9.17) is 0 Å². The van der Waals surface area contributed by atoms with Crippen LogP contribution in [0, 0.1) is 0 Å². The first-order chi connectivity index (χ1) is 68.1. The number of amides is 12. The van der Waals surface area contributed by atoms with Gasteiger partial charge in [-0.05, 0) is 98.5 Å². The fraction of sp³-hybridized carbons (Fsp3) is 0.679. The van der Waals surface area contributed by atoms with Crippen molar-refractivity contribution in [1.82, 2.24) is 21.3 Å². The van der Waals surface area contributed by atoms with Crippen molar-refractivity contribution in [3.8, 4) is 0 Å². The summed E-state index contributed by atoms with van der Waals surface area (Å²) in [7, 11) is 0. The maximum Gasteiger partial charge on any atom is 0.252 e. The lowest BCUT2D eigenvalue weighted by atomic mass is 10.0. The van der Waals surface area contributed by atoms with Crippen LogP contribution in [0.15, 0.2) is 72.8 Å². The lowest BCUT2D eigenvalue weighted by molar-refractivity contribution is -0.119. The van der Waals surface area contributed by atoms with E-state index in [1.165, 1.54) is 304 Å². The molecule has 0 spiro atoms. The topological polar surface area (TPSA) is 430 Å². The number of anilines is 8. The molecule has 0 aliphatic carbocycles. The van der Waals surface area contributed by atoms with E-state index in [2.05, 4.69) is 91.5 Å². The van der Waals surface area contributed by atoms with Gasteiger partial charge in [-0.25, -0.2) is 0 Å². The number of hydrogen-bond acceptors (Lipinski definition) is 16. The van der Waals surface area contributed by atoms with Crippen molar-refractivity contribution >= 4 is 116 Å². The van der Waals surface area contributed by atoms with Crippen LogP contribution in [0.1, 0.15) is 480 Å². The predicted octanol–water partition coefficient (Wildman–Crippen LogP) is 23.7. The summed E-state index contributed by atoms with van der Waals surface area (Å²) in [6.07, 6.45) is 67.9. The van der Waals surface area contributed by atoms with Gasteiger partial charge < -0.3 is 84.2 Å². The lowest BCUT2D eigenvalue weighted by Crippen LogP contribution is -2.47. The summed E-state index contributed by atoms with van der Waals surface area (Å²) >= 11 is 0. The van der Waals surface area contributed by atoms with Gasteiger partial charge in [0.2, 0.25) is 47.3 Å². The summed E-state index contributed by atoms with van der Waals surface area (Å²) < 4.78 is 0. The zero-order valence-electron chi connectivity index (χ0n) is 86.0. The average molecular weight is 1950 g/mol. The highest BCUT2D eigenvalue weighted by Crippen LogP contribution is 2.29. The van der Waals surface area contributed by atoms with Crippen molar-refractivity contribution in [3.63, 3.8) is 0 Å². The summed E-state index contributed by atoms with van der Waals surface area (Å²) in [5, 5.41) is 75.5. The number of fused-ring (bicyclic) bond motifs is 8. The van der Waals surface area contributed by atoms with Crippen molar-refractivity contribution in [2.45, 2.75) is 463 Å². The minimum absolute atomic E-state index is 0.0101. The van der Waals surface area contributed by atoms with Gasteiger partial charge in [0, 0.05) is 93.4 Å². The molecule has 0 unspecified atom stereocenters. The zero-order chi connectivity index (χ0) is 101. The van der Waals surface area contributed by atoms with Gasteiger partial charge in [0.25, 0.3) is 23.6 Å². The molecule has 0 fully saturated rings. The molecule has 0 radical (unpaired) electrons. The molecule has 0 aromatic heterocycles. The second kappa shape index (κ2) is 77.0. The molecule has 784 valence electrons. The van der Waals surface area contributed by atoms with Crippen LogP contribution in [0.4, 0.5) is 45.5 Å². The first-order valence-corrected chi connectivity index (χ1v) is 54.8. The molecule has 28 nitrogen and oxygen atoms in total. The number of unbranched alkanes of at least 4 members (excludes halogenated alkanes) is 56. The Hall–Kier alpha value is -9.64. The second-order valence-electron chi connectivity index (χ2n) is 39.0. The molecule has 8 bridgehead atoms. The Morgan fingerprint density at radius 3 is 0.479 bits per heavy atom. The summed E-state index contributed by atoms with van der Waals surface area (Å²) in [5.41, 5.74) is -1.58. The third kappa shape index (κ3) is 55.1. The summed E-state index contributed by atoms with van der Waals surface area (Å²) in [6, 6.07) is 8.22. The van der Waals surface area contributed by atoms with E-state index in [1.807, 2.05) is 0 Å². The van der Waals surface area contributed by atoms with Crippen LogP contribution in [0.2, 0.25) is 0 Å². The van der Waals surface area contributed by atoms with Gasteiger partial charge in [-0.15, -0.1) is 0 Å². The van der Waals surface area contributed by atoms with Crippen molar-refractivity contribution in [2.24, 2.45) is 0 Å². The van der Waals surface area contributed by atoms with Gasteiger partial charge in [-0.3, -0.25) is 57.5 Å². The third-order valence-electron chi connectivity index (χ3n) is 26.2. The van der Waals surface area contributed by atoms with E-state index in [-0.39, 0.29) is 93.4 Å². The Morgan fingerprint density at radius 1 is 0.207 bits per heavy atom. The fourth-order valence-electron chi connectivity index (χ4n) is 17.8. The minimum Gasteiger partial charge on any atom is -0.394 e. The molecule has 16 N–H and O–H groups in total. The molecule has 0 saturated heterocycles. The van der Waals surface area contributed by atoms with Gasteiger partial charge in [0.1, 0.15) is 24.2 Å². The molecular formula is C112H180N12O16. The Bertz CT molecular complexity index is 3710. The van der Waals surface area contributed by atoms with Gasteiger partial charge in [-0.2, -0.15) is 0 Å². The number of carbonyl (C=O) groups excluding carboxylic acids is 12. The van der Waals surface area contributed by atoms with Crippen LogP contribution in [0.25, 0.3) is 0 Å². The Kier molecular flexibility index (Phi) is 66.5. The van der Waals surface area contributed by atoms with E-state index in [0.717, 1.165) is 128 Å². The quantitative estimate of drug-likeness (QED) is 0.0183. The van der Waals surface area contributed by atoms with Crippen molar-refractivity contribution in [2.75, 3.05) is 69.0 Å². The normalized spacial score (nSPS) is 15.2. The Balaban J connectivity index is 1.49. The molecule has 1 heterocycles. The SMILES string of the molecule is CCCCCCCCCCCCCCCCCC(=O)Nc1cc2cc(c1)C(=O)N[C@@H](CO)C(=O)Nc1cc(NC(=O)CCCCCCCCCCCCCCCCC)cc(c1)C(=O)N[C@@H](CO)C(=O)Nc1cc(NC(=O)CCCCCCCCCCCCCCCCC)cc(c1)C(=O)N[C@@H](CO)C(=O)Nc1cc(NC(=O)CCCCCCCCCCCCCCCCC)cc(c1)C(=O)N[C@@H](CO)C(=O)N2. The number of aliphatic hydroxyl groups excluding tert-OH is 4. The molecule has 12 amide bonds. The van der Waals surface area contributed by atoms with Gasteiger partial charge >= 0.3 is 0 Å². The van der Waals surface area contributed by atoms with E-state index < -0.39 is 121 Å². The Morgan fingerprint density at radius 2 is 0.343 bits per heavy atom. The molecule has 1 aliphatic heterocycles. The first kappa shape index (κ1) is 121. The highest BCUT2D eigenvalue weighted by Gasteiger charge is 2.30. The second-order valence-corrected chi connectivity index (χ2v) is 39.0. The number of aliphatic hydroxyl groups is 4. The van der Waals surface area contributed by atoms with E-state index >= 15 is 0 Å². The molecule has 4 aromatic carbocycles. The summed E-state index contributed by atoms with van der Waals surface area (Å²) in [5.74, 6) is -9.84. The average Bonchev–Trinajstić information content (AvgIpc) is 0.833. The molecule has 5 rings (SSSR count). The molecule has 0 saturated carbocycles. The maximum atomic E-state index is 14.7. The predicted molar refractivity (Wildman–Crippen MR) is 566 cm³/mol. The number of nitrogens with one attached hydrogen (secondary N) is 12. The largest absolute Gasteiger partial charge is 0.394 e. The first-order valence-electron chi connectivity index (χ1n) is 54.8. The fourth-order valence-corrected chi connectivity index (χ4v) is 17.8. The zero-order valence-corrected chi connectivity index (χ0v) is 86.0. The molecule has 4 aromatic rings. The van der Waals surface area contributed by atoms with Crippen molar-refractivity contribution < 1.29 is 78.0 Å². The van der Waals surface area contributed by atoms with Gasteiger partial charge in [-0.1, -0.05) is 387 Å². The smallest absolute Gasteiger partial charge is 0.252 e. The minimum atomic E-state index is -1.76. The van der Waals surface area contributed by atoms with E-state index in [1.54, 1.807) is 0 Å². The van der Waals surface area contributed by atoms with Gasteiger partial charge in [0.05, 0.1) is 26.4 Å². The van der Waals surface area contributed by atoms with Crippen LogP contribution in [-0.4, -0.2) is 142 Å². The highest BCUT2D eigenvalue weighted by molar-refractivity contribution is 6.10. The molecule has 4 atom stereocenters. The van der Waals surface area contributed by atoms with Crippen LogP contribution < -0.4 is 63.8 Å². The van der Waals surface area contributed by atoms with Crippen molar-refractivity contribution in [1.29, 1.82) is 0 Å². The number of carbonyl (C=O) groups is 12. The number of rotatable bonds is 72. The molecule has 140 heavy (non-hydrogen) atoms. The van der Waals surface area contributed by atoms with Crippen LogP contribution >= 0.6 is 0 Å². The number of benzene rings is 4. The molecule has 1 aliphatic rings. The van der Waals surface area contributed by atoms with Gasteiger partial charge in [0.15, 0.2) is 0 Å². The molecule has 28 heteroatoms. The standard InChI is InChI=1S/C112H180N12O16/c1-5-9-13-17-21-25-29-33-37-41-45-49-53-57-61-65-101(129)113-89-69-85-73-93(77-89)117-109(137)97(81-125)122-106(134)86-70-90(114-102(130)66-62-58-54-50-46-42-38-34-30-26-22-18-14-10-6-2)79-95(74-86)119-111(139)99(83-127)124-108(136)88-72-92(116-104(132)68-64-60-56-52-48-44-40-36-32-28-24-20-16-12-8-4)80-96(76-88)120-112(140)100(84-128)123-107(135)87-71-91(78-94(75-87)118-110(138)98(82-126)121-105(85)133)115-103(131)67-63-59-55-51-47-43-39-35-31-27-23-19-15-11-7-3/h69-80,97-100,125-128H,5-68,81-84H2,1-4H3,(H,113,129)(H,114,130)(H,115,131)(H,116,132)(H,117,137)(H,118,138)(H,119,139)(H,120,140)(H,121,133)(H,122,134)(H,123,135)(H,124,136)/t97-,98-,99-,100-/m0/s1. The maximum absolute atomic E-state index is 14.7. The lowest BCUT2D eigenvalue weighted by Gasteiger charge is -2.20. The van der Waals surface area contributed by atoms with Crippen LogP contribution in [0.3, 0.4) is 0 Å². The molecular weight excluding hydrogens is 1770 g/mol. The van der Waals surface area contributed by atoms with Crippen LogP contribution in [-0.2, 0) is 38.4 Å². The van der Waals surface area contributed by atoms with Crippen molar-refractivity contribution in [3.05, 3.63) is 95.1 Å². The van der Waals surface area contributed by atoms with E-state index in [0.29, 0.717) is 25.7 Å². The number of hydrogen-bond donors (Lipinski definition) is 16.